The lowest BCUT2D eigenvalue weighted by atomic mass is 10.1. The Kier molecular flexibility index (Phi) is 1.91. The first kappa shape index (κ1) is 8.99. The Hall–Kier alpha value is -1.58. The van der Waals surface area contributed by atoms with E-state index in [1.807, 2.05) is 0 Å². The van der Waals surface area contributed by atoms with E-state index in [1.165, 1.54) is 18.3 Å². The zero-order chi connectivity index (χ0) is 10.2. The molecule has 0 amide bonds. The molecule has 1 aromatic heterocycles. The van der Waals surface area contributed by atoms with E-state index in [1.54, 1.807) is 12.3 Å². The number of fused-ring (bicyclic) bond motifs is 1. The van der Waals surface area contributed by atoms with Crippen molar-refractivity contribution in [2.75, 3.05) is 0 Å². The summed E-state index contributed by atoms with van der Waals surface area (Å²) >= 11 is 0. The van der Waals surface area contributed by atoms with Gasteiger partial charge in [0.15, 0.2) is 12.4 Å². The maximum Gasteiger partial charge on any atom is 0.417 e. The molecule has 0 aliphatic rings. The van der Waals surface area contributed by atoms with E-state index < -0.39 is 11.7 Å². The molecule has 72 valence electrons. The monoisotopic (exact) mass is 198 g/mol. The van der Waals surface area contributed by atoms with E-state index in [2.05, 4.69) is 4.98 Å². The van der Waals surface area contributed by atoms with E-state index in [9.17, 15) is 13.2 Å². The molecule has 0 saturated heterocycles. The molecule has 1 heterocycles. The number of hydrogen-bond donors (Lipinski definition) is 0. The third-order valence-electron chi connectivity index (χ3n) is 2.03. The summed E-state index contributed by atoms with van der Waals surface area (Å²) in [5, 5.41) is 0.779. The van der Waals surface area contributed by atoms with Crippen LogP contribution in [0.25, 0.3) is 10.8 Å². The Morgan fingerprint density at radius 1 is 1.07 bits per heavy atom. The molecule has 2 rings (SSSR count). The van der Waals surface area contributed by atoms with Gasteiger partial charge in [-0.25, -0.2) is 4.98 Å². The van der Waals surface area contributed by atoms with Crippen molar-refractivity contribution in [3.05, 3.63) is 42.2 Å². The van der Waals surface area contributed by atoms with Crippen molar-refractivity contribution < 1.29 is 18.2 Å². The van der Waals surface area contributed by atoms with E-state index in [4.69, 9.17) is 0 Å². The number of benzene rings is 1. The highest BCUT2D eigenvalue weighted by Gasteiger charge is 2.32. The molecular formula is C10H7F3N+. The number of hydrogen-bond acceptors (Lipinski definition) is 0. The summed E-state index contributed by atoms with van der Waals surface area (Å²) in [5.74, 6) is 0. The van der Waals surface area contributed by atoms with Crippen LogP contribution in [0.5, 0.6) is 0 Å². The van der Waals surface area contributed by atoms with Gasteiger partial charge in [0.25, 0.3) is 0 Å². The fourth-order valence-electron chi connectivity index (χ4n) is 1.41. The lowest BCUT2D eigenvalue weighted by molar-refractivity contribution is -0.375. The van der Waals surface area contributed by atoms with Crippen LogP contribution in [0.1, 0.15) is 5.56 Å². The van der Waals surface area contributed by atoms with Crippen molar-refractivity contribution in [2.45, 2.75) is 6.18 Å². The van der Waals surface area contributed by atoms with Crippen LogP contribution in [0.3, 0.4) is 0 Å². The number of halogens is 3. The number of pyridine rings is 1. The molecule has 0 atom stereocenters. The van der Waals surface area contributed by atoms with E-state index in [-0.39, 0.29) is 5.39 Å². The van der Waals surface area contributed by atoms with Crippen LogP contribution in [-0.2, 0) is 6.18 Å². The molecule has 1 N–H and O–H groups in total. The molecule has 0 radical (unpaired) electrons. The summed E-state index contributed by atoms with van der Waals surface area (Å²) in [4.78, 5) is 2.75. The molecule has 0 fully saturated rings. The van der Waals surface area contributed by atoms with Crippen LogP contribution in [0, 0.1) is 0 Å². The lowest BCUT2D eigenvalue weighted by Crippen LogP contribution is -2.07. The first-order valence-corrected chi connectivity index (χ1v) is 4.05. The van der Waals surface area contributed by atoms with Crippen molar-refractivity contribution in [1.82, 2.24) is 0 Å². The molecule has 0 bridgehead atoms. The van der Waals surface area contributed by atoms with Crippen LogP contribution >= 0.6 is 0 Å². The molecule has 0 saturated carbocycles. The Morgan fingerprint density at radius 2 is 1.86 bits per heavy atom. The molecule has 4 heteroatoms. The van der Waals surface area contributed by atoms with Crippen LogP contribution in [-0.4, -0.2) is 0 Å². The molecule has 2 aromatic rings. The van der Waals surface area contributed by atoms with Crippen molar-refractivity contribution in [2.24, 2.45) is 0 Å². The summed E-state index contributed by atoms with van der Waals surface area (Å²) in [6.45, 7) is 0. The highest BCUT2D eigenvalue weighted by molar-refractivity contribution is 5.84. The molecular weight excluding hydrogens is 191 g/mol. The summed E-state index contributed by atoms with van der Waals surface area (Å²) in [6.07, 6.45) is -1.26. The first-order chi connectivity index (χ1) is 6.59. The van der Waals surface area contributed by atoms with Gasteiger partial charge in [0.05, 0.1) is 5.56 Å². The highest BCUT2D eigenvalue weighted by atomic mass is 19.4. The van der Waals surface area contributed by atoms with Crippen LogP contribution < -0.4 is 4.98 Å². The van der Waals surface area contributed by atoms with E-state index in [0.29, 0.717) is 5.39 Å². The second-order valence-electron chi connectivity index (χ2n) is 2.95. The maximum absolute atomic E-state index is 12.5. The first-order valence-electron chi connectivity index (χ1n) is 4.05. The minimum Gasteiger partial charge on any atom is -0.217 e. The number of rotatable bonds is 0. The Balaban J connectivity index is 2.78. The van der Waals surface area contributed by atoms with Gasteiger partial charge in [-0.3, -0.25) is 0 Å². The largest absolute Gasteiger partial charge is 0.417 e. The van der Waals surface area contributed by atoms with Crippen molar-refractivity contribution in [3.8, 4) is 0 Å². The van der Waals surface area contributed by atoms with Gasteiger partial charge in [-0.2, -0.15) is 13.2 Å². The Labute approximate surface area is 78.2 Å². The van der Waals surface area contributed by atoms with Gasteiger partial charge in [0.1, 0.15) is 0 Å². The molecule has 0 unspecified atom stereocenters. The second-order valence-corrected chi connectivity index (χ2v) is 2.95. The normalized spacial score (nSPS) is 11.9. The van der Waals surface area contributed by atoms with Crippen LogP contribution in [0.2, 0.25) is 0 Å². The minimum absolute atomic E-state index is 0.221. The molecule has 1 nitrogen and oxygen atoms in total. The van der Waals surface area contributed by atoms with Crippen LogP contribution in [0.15, 0.2) is 36.7 Å². The molecule has 0 aliphatic heterocycles. The quantitative estimate of drug-likeness (QED) is 0.618. The average Bonchev–Trinajstić information content (AvgIpc) is 2.15. The Morgan fingerprint density at radius 3 is 2.57 bits per heavy atom. The van der Waals surface area contributed by atoms with Gasteiger partial charge < -0.3 is 0 Å². The number of nitrogens with one attached hydrogen (secondary N) is 1. The Bertz CT molecular complexity index is 457. The molecule has 1 aromatic carbocycles. The van der Waals surface area contributed by atoms with Gasteiger partial charge in [-0.15, -0.1) is 0 Å². The lowest BCUT2D eigenvalue weighted by Gasteiger charge is -2.08. The van der Waals surface area contributed by atoms with E-state index in [0.717, 1.165) is 6.07 Å². The SMILES string of the molecule is FC(F)(F)c1cccc2c[nH+]ccc12. The molecule has 14 heavy (non-hydrogen) atoms. The fourth-order valence-corrected chi connectivity index (χ4v) is 1.41. The predicted octanol–water partition coefficient (Wildman–Crippen LogP) is 2.67. The van der Waals surface area contributed by atoms with E-state index >= 15 is 0 Å². The minimum atomic E-state index is -4.29. The van der Waals surface area contributed by atoms with Gasteiger partial charge in [-0.05, 0) is 12.1 Å². The smallest absolute Gasteiger partial charge is 0.217 e. The number of aromatic amines is 1. The summed E-state index contributed by atoms with van der Waals surface area (Å²) in [5.41, 5.74) is -0.594. The van der Waals surface area contributed by atoms with Gasteiger partial charge in [0, 0.05) is 16.8 Å². The average molecular weight is 198 g/mol. The van der Waals surface area contributed by atoms with Gasteiger partial charge in [0.2, 0.25) is 0 Å². The number of aromatic nitrogens is 1. The van der Waals surface area contributed by atoms with Gasteiger partial charge in [-0.1, -0.05) is 6.07 Å². The fraction of sp³-hybridized carbons (Fsp3) is 0.100. The number of H-pyrrole nitrogens is 1. The van der Waals surface area contributed by atoms with Crippen molar-refractivity contribution >= 4 is 10.8 Å². The second kappa shape index (κ2) is 2.97. The number of alkyl halides is 3. The standard InChI is InChI=1S/C10H6F3N/c11-10(12,13)9-3-1-2-7-6-14-5-4-8(7)9/h1-6H/p+1. The third-order valence-corrected chi connectivity index (χ3v) is 2.03. The highest BCUT2D eigenvalue weighted by Crippen LogP contribution is 2.33. The topological polar surface area (TPSA) is 14.1 Å². The van der Waals surface area contributed by atoms with Crippen molar-refractivity contribution in [3.63, 3.8) is 0 Å². The maximum atomic E-state index is 12.5. The van der Waals surface area contributed by atoms with Crippen LogP contribution in [0.4, 0.5) is 13.2 Å². The zero-order valence-corrected chi connectivity index (χ0v) is 7.10. The van der Waals surface area contributed by atoms with Gasteiger partial charge >= 0.3 is 6.18 Å². The molecule has 0 aliphatic carbocycles. The zero-order valence-electron chi connectivity index (χ0n) is 7.10. The molecule has 0 spiro atoms. The van der Waals surface area contributed by atoms with Crippen molar-refractivity contribution in [1.29, 1.82) is 0 Å². The predicted molar refractivity (Wildman–Crippen MR) is 45.5 cm³/mol. The third kappa shape index (κ3) is 1.43. The summed E-state index contributed by atoms with van der Waals surface area (Å²) in [6, 6.07) is 5.56. The summed E-state index contributed by atoms with van der Waals surface area (Å²) in [7, 11) is 0. The summed E-state index contributed by atoms with van der Waals surface area (Å²) < 4.78 is 37.5.